The SMILES string of the molecule is CN(CCNCCc1ccsc1)CC1CCCCC1. The zero-order chi connectivity index (χ0) is 13.3. The van der Waals surface area contributed by atoms with E-state index in [-0.39, 0.29) is 0 Å². The van der Waals surface area contributed by atoms with Gasteiger partial charge in [0.15, 0.2) is 0 Å². The fourth-order valence-corrected chi connectivity index (χ4v) is 3.67. The van der Waals surface area contributed by atoms with Crippen LogP contribution in [0.15, 0.2) is 16.8 Å². The predicted octanol–water partition coefficient (Wildman–Crippen LogP) is 3.39. The van der Waals surface area contributed by atoms with Crippen LogP contribution < -0.4 is 5.32 Å². The fourth-order valence-electron chi connectivity index (χ4n) is 2.96. The smallest absolute Gasteiger partial charge is 0.0104 e. The molecule has 1 N–H and O–H groups in total. The molecule has 0 radical (unpaired) electrons. The zero-order valence-electron chi connectivity index (χ0n) is 12.2. The first-order valence-electron chi connectivity index (χ1n) is 7.75. The number of hydrogen-bond donors (Lipinski definition) is 1. The lowest BCUT2D eigenvalue weighted by molar-refractivity contribution is 0.234. The van der Waals surface area contributed by atoms with Crippen molar-refractivity contribution < 1.29 is 0 Å². The molecule has 3 heteroatoms. The molecule has 2 rings (SSSR count). The zero-order valence-corrected chi connectivity index (χ0v) is 13.1. The van der Waals surface area contributed by atoms with Gasteiger partial charge in [-0.15, -0.1) is 0 Å². The van der Waals surface area contributed by atoms with Gasteiger partial charge < -0.3 is 10.2 Å². The molecule has 108 valence electrons. The summed E-state index contributed by atoms with van der Waals surface area (Å²) in [6, 6.07) is 2.22. The Morgan fingerprint density at radius 1 is 1.26 bits per heavy atom. The minimum Gasteiger partial charge on any atom is -0.315 e. The molecule has 1 aromatic heterocycles. The van der Waals surface area contributed by atoms with E-state index >= 15 is 0 Å². The summed E-state index contributed by atoms with van der Waals surface area (Å²) >= 11 is 1.79. The molecule has 1 aliphatic carbocycles. The quantitative estimate of drug-likeness (QED) is 0.734. The van der Waals surface area contributed by atoms with Gasteiger partial charge in [-0.3, -0.25) is 0 Å². The lowest BCUT2D eigenvalue weighted by Gasteiger charge is -2.27. The van der Waals surface area contributed by atoms with Crippen molar-refractivity contribution in [3.05, 3.63) is 22.4 Å². The number of thiophene rings is 1. The van der Waals surface area contributed by atoms with Gasteiger partial charge in [0.2, 0.25) is 0 Å². The standard InChI is InChI=1S/C16H28N2S/c1-18(13-15-5-3-2-4-6-15)11-10-17-9-7-16-8-12-19-14-16/h8,12,14-15,17H,2-7,9-11,13H2,1H3. The minimum atomic E-state index is 0.963. The van der Waals surface area contributed by atoms with Gasteiger partial charge in [0.1, 0.15) is 0 Å². The predicted molar refractivity (Wildman–Crippen MR) is 85.0 cm³/mol. The van der Waals surface area contributed by atoms with E-state index in [4.69, 9.17) is 0 Å². The summed E-state index contributed by atoms with van der Waals surface area (Å²) in [4.78, 5) is 2.51. The van der Waals surface area contributed by atoms with Crippen LogP contribution in [0.2, 0.25) is 0 Å². The Bertz CT molecular complexity index is 317. The number of nitrogens with one attached hydrogen (secondary N) is 1. The summed E-state index contributed by atoms with van der Waals surface area (Å²) in [7, 11) is 2.27. The van der Waals surface area contributed by atoms with Crippen molar-refractivity contribution in [1.29, 1.82) is 0 Å². The van der Waals surface area contributed by atoms with E-state index in [1.54, 1.807) is 11.3 Å². The van der Waals surface area contributed by atoms with E-state index in [0.717, 1.165) is 25.4 Å². The van der Waals surface area contributed by atoms with Gasteiger partial charge in [0, 0.05) is 19.6 Å². The van der Waals surface area contributed by atoms with Gasteiger partial charge in [-0.05, 0) is 61.2 Å². The highest BCUT2D eigenvalue weighted by atomic mass is 32.1. The minimum absolute atomic E-state index is 0.963. The van der Waals surface area contributed by atoms with Crippen molar-refractivity contribution in [2.24, 2.45) is 5.92 Å². The van der Waals surface area contributed by atoms with E-state index in [2.05, 4.69) is 34.1 Å². The van der Waals surface area contributed by atoms with Crippen LogP contribution in [0.3, 0.4) is 0 Å². The van der Waals surface area contributed by atoms with E-state index in [0.29, 0.717) is 0 Å². The first-order valence-corrected chi connectivity index (χ1v) is 8.69. The molecule has 0 bridgehead atoms. The number of nitrogens with zero attached hydrogens (tertiary/aromatic N) is 1. The van der Waals surface area contributed by atoms with Crippen molar-refractivity contribution in [2.45, 2.75) is 38.5 Å². The molecule has 2 nitrogen and oxygen atoms in total. The fraction of sp³-hybridized carbons (Fsp3) is 0.750. The van der Waals surface area contributed by atoms with Crippen molar-refractivity contribution in [3.63, 3.8) is 0 Å². The van der Waals surface area contributed by atoms with Crippen molar-refractivity contribution in [1.82, 2.24) is 10.2 Å². The lowest BCUT2D eigenvalue weighted by Crippen LogP contribution is -2.34. The van der Waals surface area contributed by atoms with Gasteiger partial charge in [0.05, 0.1) is 0 Å². The molecular formula is C16H28N2S. The van der Waals surface area contributed by atoms with Crippen molar-refractivity contribution >= 4 is 11.3 Å². The third-order valence-corrected chi connectivity index (χ3v) is 4.87. The summed E-state index contributed by atoms with van der Waals surface area (Å²) in [5.74, 6) is 0.963. The maximum absolute atomic E-state index is 3.55. The molecular weight excluding hydrogens is 252 g/mol. The second kappa shape index (κ2) is 8.72. The van der Waals surface area contributed by atoms with Crippen molar-refractivity contribution in [3.8, 4) is 0 Å². The molecule has 1 fully saturated rings. The van der Waals surface area contributed by atoms with E-state index in [1.165, 1.54) is 50.8 Å². The number of rotatable bonds is 8. The van der Waals surface area contributed by atoms with E-state index < -0.39 is 0 Å². The second-order valence-corrected chi connectivity index (χ2v) is 6.68. The number of hydrogen-bond acceptors (Lipinski definition) is 3. The molecule has 0 atom stereocenters. The molecule has 0 saturated heterocycles. The third kappa shape index (κ3) is 6.07. The Balaban J connectivity index is 1.48. The summed E-state index contributed by atoms with van der Waals surface area (Å²) < 4.78 is 0. The molecule has 0 aromatic carbocycles. The van der Waals surface area contributed by atoms with E-state index in [1.807, 2.05) is 0 Å². The van der Waals surface area contributed by atoms with Crippen LogP contribution in [0.25, 0.3) is 0 Å². The molecule has 0 aliphatic heterocycles. The topological polar surface area (TPSA) is 15.3 Å². The van der Waals surface area contributed by atoms with Gasteiger partial charge in [-0.1, -0.05) is 19.3 Å². The summed E-state index contributed by atoms with van der Waals surface area (Å²) in [6.45, 7) is 4.70. The van der Waals surface area contributed by atoms with Crippen LogP contribution >= 0.6 is 11.3 Å². The molecule has 1 heterocycles. The van der Waals surface area contributed by atoms with Crippen LogP contribution in [-0.4, -0.2) is 38.1 Å². The van der Waals surface area contributed by atoms with E-state index in [9.17, 15) is 0 Å². The van der Waals surface area contributed by atoms with Crippen LogP contribution in [0.1, 0.15) is 37.7 Å². The van der Waals surface area contributed by atoms with Crippen LogP contribution in [0, 0.1) is 5.92 Å². The van der Waals surface area contributed by atoms with Crippen LogP contribution in [0.5, 0.6) is 0 Å². The normalized spacial score (nSPS) is 17.2. The first kappa shape index (κ1) is 15.0. The molecule has 0 unspecified atom stereocenters. The van der Waals surface area contributed by atoms with Crippen LogP contribution in [0.4, 0.5) is 0 Å². The van der Waals surface area contributed by atoms with Crippen molar-refractivity contribution in [2.75, 3.05) is 33.2 Å². The Hall–Kier alpha value is -0.380. The molecule has 1 aliphatic rings. The maximum atomic E-state index is 3.55. The summed E-state index contributed by atoms with van der Waals surface area (Å²) in [6.07, 6.45) is 8.45. The van der Waals surface area contributed by atoms with Crippen LogP contribution in [-0.2, 0) is 6.42 Å². The van der Waals surface area contributed by atoms with Gasteiger partial charge in [-0.25, -0.2) is 0 Å². The molecule has 19 heavy (non-hydrogen) atoms. The van der Waals surface area contributed by atoms with Gasteiger partial charge in [-0.2, -0.15) is 11.3 Å². The van der Waals surface area contributed by atoms with Gasteiger partial charge >= 0.3 is 0 Å². The highest BCUT2D eigenvalue weighted by molar-refractivity contribution is 7.07. The first-order chi connectivity index (χ1) is 9.34. The lowest BCUT2D eigenvalue weighted by atomic mass is 9.89. The number of likely N-dealkylation sites (N-methyl/N-ethyl adjacent to an activating group) is 1. The largest absolute Gasteiger partial charge is 0.315 e. The Kier molecular flexibility index (Phi) is 6.90. The molecule has 1 saturated carbocycles. The Morgan fingerprint density at radius 2 is 2.11 bits per heavy atom. The Morgan fingerprint density at radius 3 is 2.84 bits per heavy atom. The average Bonchev–Trinajstić information content (AvgIpc) is 2.92. The highest BCUT2D eigenvalue weighted by Crippen LogP contribution is 2.23. The summed E-state index contributed by atoms with van der Waals surface area (Å²) in [5.41, 5.74) is 1.47. The highest BCUT2D eigenvalue weighted by Gasteiger charge is 2.14. The monoisotopic (exact) mass is 280 g/mol. The molecule has 0 amide bonds. The maximum Gasteiger partial charge on any atom is 0.0104 e. The molecule has 1 aromatic rings. The summed E-state index contributed by atoms with van der Waals surface area (Å²) in [5, 5.41) is 7.96. The van der Waals surface area contributed by atoms with Gasteiger partial charge in [0.25, 0.3) is 0 Å². The second-order valence-electron chi connectivity index (χ2n) is 5.90. The molecule has 0 spiro atoms. The Labute approximate surface area is 122 Å². The third-order valence-electron chi connectivity index (χ3n) is 4.14. The average molecular weight is 280 g/mol.